The predicted molar refractivity (Wildman–Crippen MR) is 221 cm³/mol. The molecular weight excluding hydrogens is 749 g/mol. The monoisotopic (exact) mass is 798 g/mol. The van der Waals surface area contributed by atoms with E-state index in [0.29, 0.717) is 35.8 Å². The van der Waals surface area contributed by atoms with Gasteiger partial charge in [-0.1, -0.05) is 78.1 Å². The number of nitrogens with zero attached hydrogens (tertiary/aromatic N) is 2. The van der Waals surface area contributed by atoms with Crippen molar-refractivity contribution in [3.8, 4) is 34.1 Å². The molecule has 13 heteroatoms. The van der Waals surface area contributed by atoms with Gasteiger partial charge in [0.1, 0.15) is 23.0 Å². The highest BCUT2D eigenvalue weighted by atomic mass is 32.2. The Balaban J connectivity index is 1.28. The van der Waals surface area contributed by atoms with Crippen LogP contribution in [-0.4, -0.2) is 35.0 Å². The average molecular weight is 799 g/mol. The predicted octanol–water partition coefficient (Wildman–Crippen LogP) is 11.8. The van der Waals surface area contributed by atoms with E-state index in [2.05, 4.69) is 13.8 Å². The summed E-state index contributed by atoms with van der Waals surface area (Å²) in [5, 5.41) is 25.0. The fourth-order valence-electron chi connectivity index (χ4n) is 6.65. The number of fused-ring (bicyclic) bond motifs is 3. The summed E-state index contributed by atoms with van der Waals surface area (Å²) in [5.74, 6) is 0.140. The number of esters is 2. The van der Waals surface area contributed by atoms with Crippen LogP contribution in [0.1, 0.15) is 123 Å². The second-order valence-corrected chi connectivity index (χ2v) is 15.0. The number of carbonyl (C=O) groups is 2. The number of carbonyl (C=O) groups excluding carboxylic acids is 2. The van der Waals surface area contributed by atoms with E-state index in [1.165, 1.54) is 75.3 Å². The van der Waals surface area contributed by atoms with E-state index in [1.807, 2.05) is 0 Å². The fraction of sp³-hybridized carbons (Fsp3) is 0.409. The van der Waals surface area contributed by atoms with Crippen molar-refractivity contribution in [1.29, 1.82) is 0 Å². The molecule has 1 aliphatic heterocycles. The SMILES string of the molecule is CCCCCCCCOc1ccc(C(=O)Oc2cc3c(c([N+](=O)[O-])c2)-c2c(cc(OC(=O)c4ccc(OCCCCCCCC)cc4)cc2[N+](=O)[O-])CSC3)cc1. The number of hydrogen-bond acceptors (Lipinski definition) is 11. The third kappa shape index (κ3) is 12.3. The molecule has 0 radical (unpaired) electrons. The van der Waals surface area contributed by atoms with Crippen LogP contribution in [0.2, 0.25) is 0 Å². The number of benzene rings is 4. The summed E-state index contributed by atoms with van der Waals surface area (Å²) in [7, 11) is 0. The van der Waals surface area contributed by atoms with Gasteiger partial charge >= 0.3 is 11.9 Å². The highest BCUT2D eigenvalue weighted by Crippen LogP contribution is 2.48. The maximum absolute atomic E-state index is 13.1. The number of nitro groups is 2. The molecule has 12 nitrogen and oxygen atoms in total. The second-order valence-electron chi connectivity index (χ2n) is 14.0. The highest BCUT2D eigenvalue weighted by Gasteiger charge is 2.33. The van der Waals surface area contributed by atoms with Gasteiger partial charge in [-0.3, -0.25) is 20.2 Å². The number of ether oxygens (including phenoxy) is 4. The second kappa shape index (κ2) is 21.8. The Morgan fingerprint density at radius 1 is 0.544 bits per heavy atom. The molecule has 0 aromatic heterocycles. The molecule has 1 aliphatic rings. The molecule has 4 aromatic rings. The van der Waals surface area contributed by atoms with E-state index in [9.17, 15) is 29.8 Å². The van der Waals surface area contributed by atoms with E-state index in [4.69, 9.17) is 18.9 Å². The standard InChI is InChI=1S/C44H50N2O10S/c1-3-5-7-9-11-13-23-53-35-19-15-31(16-20-35)43(47)55-37-25-33-29-57-30-34-26-38(28-40(46(51)52)42(34)41(33)39(27-37)45(49)50)56-44(48)32-17-21-36(22-18-32)54-24-14-12-10-8-6-4-2/h15-22,25-28H,3-14,23-24,29-30H2,1-2H3. The van der Waals surface area contributed by atoms with Crippen molar-refractivity contribution in [3.05, 3.63) is 115 Å². The average Bonchev–Trinajstić information content (AvgIpc) is 3.39. The van der Waals surface area contributed by atoms with Gasteiger partial charge in [-0.05, 0) is 84.6 Å². The molecule has 0 atom stereocenters. The van der Waals surface area contributed by atoms with Crippen molar-refractivity contribution in [2.24, 2.45) is 0 Å². The van der Waals surface area contributed by atoms with E-state index < -0.39 is 33.2 Å². The van der Waals surface area contributed by atoms with E-state index in [0.717, 1.165) is 37.8 Å². The van der Waals surface area contributed by atoms with Crippen molar-refractivity contribution in [1.82, 2.24) is 0 Å². The number of nitro benzene ring substituents is 2. The smallest absolute Gasteiger partial charge is 0.343 e. The minimum atomic E-state index is -0.721. The van der Waals surface area contributed by atoms with Gasteiger partial charge in [0.2, 0.25) is 0 Å². The van der Waals surface area contributed by atoms with Crippen LogP contribution in [0.25, 0.3) is 11.1 Å². The van der Waals surface area contributed by atoms with Gasteiger partial charge in [0.25, 0.3) is 11.4 Å². The summed E-state index contributed by atoms with van der Waals surface area (Å²) in [6, 6.07) is 18.2. The molecule has 0 saturated carbocycles. The quantitative estimate of drug-likeness (QED) is 0.0245. The van der Waals surface area contributed by atoms with Crippen LogP contribution >= 0.6 is 11.8 Å². The van der Waals surface area contributed by atoms with Crippen LogP contribution in [0.4, 0.5) is 11.4 Å². The Morgan fingerprint density at radius 3 is 1.28 bits per heavy atom. The Kier molecular flexibility index (Phi) is 16.3. The first-order valence-electron chi connectivity index (χ1n) is 19.8. The molecule has 0 bridgehead atoms. The first-order valence-corrected chi connectivity index (χ1v) is 20.9. The van der Waals surface area contributed by atoms with Crippen molar-refractivity contribution >= 4 is 35.1 Å². The summed E-state index contributed by atoms with van der Waals surface area (Å²) >= 11 is 1.36. The maximum Gasteiger partial charge on any atom is 0.343 e. The zero-order valence-electron chi connectivity index (χ0n) is 32.6. The fourth-order valence-corrected chi connectivity index (χ4v) is 7.64. The van der Waals surface area contributed by atoms with Crippen molar-refractivity contribution in [3.63, 3.8) is 0 Å². The molecular formula is C44H50N2O10S. The number of hydrogen-bond donors (Lipinski definition) is 0. The van der Waals surface area contributed by atoms with Crippen LogP contribution in [0.15, 0.2) is 72.8 Å². The lowest BCUT2D eigenvalue weighted by molar-refractivity contribution is -0.386. The normalized spacial score (nSPS) is 11.8. The van der Waals surface area contributed by atoms with E-state index in [1.54, 1.807) is 48.5 Å². The summed E-state index contributed by atoms with van der Waals surface area (Å²) in [4.78, 5) is 50.0. The molecule has 0 N–H and O–H groups in total. The summed E-state index contributed by atoms with van der Waals surface area (Å²) in [6.45, 7) is 5.51. The van der Waals surface area contributed by atoms with Crippen molar-refractivity contribution < 1.29 is 38.4 Å². The first kappa shape index (κ1) is 42.7. The molecule has 57 heavy (non-hydrogen) atoms. The van der Waals surface area contributed by atoms with Crippen LogP contribution in [0.5, 0.6) is 23.0 Å². The molecule has 0 fully saturated rings. The molecule has 0 amide bonds. The van der Waals surface area contributed by atoms with Crippen LogP contribution in [0, 0.1) is 20.2 Å². The highest BCUT2D eigenvalue weighted by molar-refractivity contribution is 7.97. The Bertz CT molecular complexity index is 1860. The lowest BCUT2D eigenvalue weighted by Crippen LogP contribution is -2.10. The van der Waals surface area contributed by atoms with E-state index in [-0.39, 0.29) is 45.3 Å². The van der Waals surface area contributed by atoms with E-state index >= 15 is 0 Å². The molecule has 1 heterocycles. The zero-order valence-corrected chi connectivity index (χ0v) is 33.4. The summed E-state index contributed by atoms with van der Waals surface area (Å²) in [6.07, 6.45) is 13.7. The van der Waals surface area contributed by atoms with Gasteiger partial charge in [0.15, 0.2) is 0 Å². The first-order chi connectivity index (χ1) is 27.7. The van der Waals surface area contributed by atoms with Crippen LogP contribution in [-0.2, 0) is 11.5 Å². The van der Waals surface area contributed by atoms with Gasteiger partial charge in [0, 0.05) is 11.5 Å². The Hall–Kier alpha value is -5.43. The van der Waals surface area contributed by atoms with Crippen LogP contribution in [0.3, 0.4) is 0 Å². The summed E-state index contributed by atoms with van der Waals surface area (Å²) in [5.41, 5.74) is 0.421. The number of rotatable bonds is 22. The minimum absolute atomic E-state index is 0.0489. The lowest BCUT2D eigenvalue weighted by atomic mass is 9.93. The number of thioether (sulfide) groups is 1. The molecule has 0 spiro atoms. The largest absolute Gasteiger partial charge is 0.494 e. The number of unbranched alkanes of at least 4 members (excludes halogenated alkanes) is 10. The maximum atomic E-state index is 13.1. The molecule has 0 saturated heterocycles. The van der Waals surface area contributed by atoms with Gasteiger partial charge < -0.3 is 18.9 Å². The van der Waals surface area contributed by atoms with Gasteiger partial charge in [-0.25, -0.2) is 9.59 Å². The Labute approximate surface area is 337 Å². The lowest BCUT2D eigenvalue weighted by Gasteiger charge is -2.14. The van der Waals surface area contributed by atoms with Crippen molar-refractivity contribution in [2.75, 3.05) is 13.2 Å². The van der Waals surface area contributed by atoms with Crippen LogP contribution < -0.4 is 18.9 Å². The Morgan fingerprint density at radius 2 is 0.912 bits per heavy atom. The van der Waals surface area contributed by atoms with Crippen molar-refractivity contribution in [2.45, 2.75) is 102 Å². The minimum Gasteiger partial charge on any atom is -0.494 e. The van der Waals surface area contributed by atoms with Gasteiger partial charge in [-0.15, -0.1) is 0 Å². The molecule has 4 aromatic carbocycles. The zero-order chi connectivity index (χ0) is 40.6. The van der Waals surface area contributed by atoms with Gasteiger partial charge in [0.05, 0.1) is 57.4 Å². The molecule has 302 valence electrons. The topological polar surface area (TPSA) is 157 Å². The van der Waals surface area contributed by atoms with Gasteiger partial charge in [-0.2, -0.15) is 11.8 Å². The third-order valence-corrected chi connectivity index (χ3v) is 10.7. The molecule has 0 unspecified atom stereocenters. The molecule has 5 rings (SSSR count). The third-order valence-electron chi connectivity index (χ3n) is 9.64. The summed E-state index contributed by atoms with van der Waals surface area (Å²) < 4.78 is 22.8. The molecule has 0 aliphatic carbocycles.